The average Bonchev–Trinajstić information content (AvgIpc) is 2.48. The van der Waals surface area contributed by atoms with Gasteiger partial charge in [0, 0.05) is 11.6 Å². The van der Waals surface area contributed by atoms with Gasteiger partial charge in [-0.1, -0.05) is 48.0 Å². The van der Waals surface area contributed by atoms with Crippen LogP contribution < -0.4 is 10.1 Å². The molecule has 0 bridgehead atoms. The van der Waals surface area contributed by atoms with E-state index in [1.807, 2.05) is 49.4 Å². The molecule has 4 heteroatoms. The van der Waals surface area contributed by atoms with Gasteiger partial charge >= 0.3 is 0 Å². The molecule has 0 fully saturated rings. The van der Waals surface area contributed by atoms with Gasteiger partial charge in [-0.05, 0) is 37.1 Å². The second-order valence-electron chi connectivity index (χ2n) is 4.83. The number of hydrogen-bond acceptors (Lipinski definition) is 2. The SMILES string of the molecule is Cc1ccccc1O[C@H](C)C(=O)NCc1ccccc1Cl. The van der Waals surface area contributed by atoms with Crippen LogP contribution in [0.2, 0.25) is 5.02 Å². The van der Waals surface area contributed by atoms with Crippen LogP contribution in [0.4, 0.5) is 0 Å². The number of carbonyl (C=O) groups is 1. The van der Waals surface area contributed by atoms with Crippen molar-refractivity contribution in [3.8, 4) is 5.75 Å². The van der Waals surface area contributed by atoms with Crippen molar-refractivity contribution in [3.05, 3.63) is 64.7 Å². The highest BCUT2D eigenvalue weighted by Crippen LogP contribution is 2.18. The van der Waals surface area contributed by atoms with Crippen molar-refractivity contribution in [3.63, 3.8) is 0 Å². The number of aryl methyl sites for hydroxylation is 1. The van der Waals surface area contributed by atoms with Crippen molar-refractivity contribution in [2.75, 3.05) is 0 Å². The fraction of sp³-hybridized carbons (Fsp3) is 0.235. The number of amides is 1. The van der Waals surface area contributed by atoms with Crippen LogP contribution in [0.25, 0.3) is 0 Å². The quantitative estimate of drug-likeness (QED) is 0.914. The van der Waals surface area contributed by atoms with Crippen molar-refractivity contribution in [1.82, 2.24) is 5.32 Å². The molecule has 0 aliphatic heterocycles. The lowest BCUT2D eigenvalue weighted by Gasteiger charge is -2.16. The molecule has 0 heterocycles. The van der Waals surface area contributed by atoms with E-state index in [0.29, 0.717) is 11.6 Å². The first-order valence-corrected chi connectivity index (χ1v) is 7.19. The molecule has 0 saturated heterocycles. The first-order chi connectivity index (χ1) is 10.1. The number of nitrogens with one attached hydrogen (secondary N) is 1. The molecule has 0 aliphatic rings. The minimum atomic E-state index is -0.561. The number of hydrogen-bond donors (Lipinski definition) is 1. The van der Waals surface area contributed by atoms with Crippen LogP contribution in [0.15, 0.2) is 48.5 Å². The first-order valence-electron chi connectivity index (χ1n) is 6.81. The van der Waals surface area contributed by atoms with Gasteiger partial charge in [-0.15, -0.1) is 0 Å². The van der Waals surface area contributed by atoms with Gasteiger partial charge in [0.1, 0.15) is 5.75 Å². The largest absolute Gasteiger partial charge is 0.481 e. The summed E-state index contributed by atoms with van der Waals surface area (Å²) in [5.41, 5.74) is 1.89. The Hall–Kier alpha value is -2.00. The topological polar surface area (TPSA) is 38.3 Å². The summed E-state index contributed by atoms with van der Waals surface area (Å²) in [6.07, 6.45) is -0.561. The van der Waals surface area contributed by atoms with E-state index in [1.54, 1.807) is 13.0 Å². The summed E-state index contributed by atoms with van der Waals surface area (Å²) < 4.78 is 5.68. The fourth-order valence-corrected chi connectivity index (χ4v) is 2.10. The molecule has 0 aromatic heterocycles. The maximum Gasteiger partial charge on any atom is 0.261 e. The zero-order valence-corrected chi connectivity index (χ0v) is 12.9. The number of para-hydroxylation sites is 1. The molecule has 0 unspecified atom stereocenters. The van der Waals surface area contributed by atoms with Crippen LogP contribution in [0.5, 0.6) is 5.75 Å². The number of ether oxygens (including phenoxy) is 1. The number of benzene rings is 2. The summed E-state index contributed by atoms with van der Waals surface area (Å²) in [4.78, 5) is 12.1. The Bertz CT molecular complexity index is 628. The third-order valence-corrected chi connectivity index (χ3v) is 3.55. The molecule has 110 valence electrons. The molecular formula is C17H18ClNO2. The van der Waals surface area contributed by atoms with Crippen LogP contribution in [0.1, 0.15) is 18.1 Å². The Balaban J connectivity index is 1.91. The van der Waals surface area contributed by atoms with Crippen LogP contribution >= 0.6 is 11.6 Å². The van der Waals surface area contributed by atoms with Crippen molar-refractivity contribution in [2.45, 2.75) is 26.5 Å². The van der Waals surface area contributed by atoms with Crippen molar-refractivity contribution >= 4 is 17.5 Å². The highest BCUT2D eigenvalue weighted by atomic mass is 35.5. The van der Waals surface area contributed by atoms with Gasteiger partial charge < -0.3 is 10.1 Å². The Morgan fingerprint density at radius 1 is 1.19 bits per heavy atom. The lowest BCUT2D eigenvalue weighted by Crippen LogP contribution is -2.36. The van der Waals surface area contributed by atoms with E-state index >= 15 is 0 Å². The van der Waals surface area contributed by atoms with E-state index in [9.17, 15) is 4.79 Å². The van der Waals surface area contributed by atoms with Crippen LogP contribution in [0.3, 0.4) is 0 Å². The molecule has 2 rings (SSSR count). The molecule has 3 nitrogen and oxygen atoms in total. The van der Waals surface area contributed by atoms with Crippen LogP contribution in [-0.2, 0) is 11.3 Å². The first kappa shape index (κ1) is 15.4. The standard InChI is InChI=1S/C17H18ClNO2/c1-12-7-3-6-10-16(12)21-13(2)17(20)19-11-14-8-4-5-9-15(14)18/h3-10,13H,11H2,1-2H3,(H,19,20)/t13-/m1/s1. The van der Waals surface area contributed by atoms with E-state index in [1.165, 1.54) is 0 Å². The number of rotatable bonds is 5. The molecule has 0 saturated carbocycles. The summed E-state index contributed by atoms with van der Waals surface area (Å²) in [5, 5.41) is 3.47. The molecular weight excluding hydrogens is 286 g/mol. The normalized spacial score (nSPS) is 11.8. The lowest BCUT2D eigenvalue weighted by atomic mass is 10.2. The minimum absolute atomic E-state index is 0.168. The van der Waals surface area contributed by atoms with Crippen LogP contribution in [-0.4, -0.2) is 12.0 Å². The summed E-state index contributed by atoms with van der Waals surface area (Å²) in [6, 6.07) is 15.1. The summed E-state index contributed by atoms with van der Waals surface area (Å²) >= 11 is 6.06. The Morgan fingerprint density at radius 3 is 2.57 bits per heavy atom. The molecule has 21 heavy (non-hydrogen) atoms. The lowest BCUT2D eigenvalue weighted by molar-refractivity contribution is -0.127. The van der Waals surface area contributed by atoms with Gasteiger partial charge in [0.2, 0.25) is 0 Å². The highest BCUT2D eigenvalue weighted by Gasteiger charge is 2.15. The zero-order valence-electron chi connectivity index (χ0n) is 12.1. The Kier molecular flexibility index (Phi) is 5.23. The molecule has 2 aromatic carbocycles. The van der Waals surface area contributed by atoms with Gasteiger partial charge in [0.25, 0.3) is 5.91 Å². The third kappa shape index (κ3) is 4.23. The molecule has 1 amide bonds. The van der Waals surface area contributed by atoms with E-state index in [4.69, 9.17) is 16.3 Å². The maximum absolute atomic E-state index is 12.1. The van der Waals surface area contributed by atoms with E-state index < -0.39 is 6.10 Å². The molecule has 0 spiro atoms. The van der Waals surface area contributed by atoms with Crippen molar-refractivity contribution < 1.29 is 9.53 Å². The predicted molar refractivity (Wildman–Crippen MR) is 84.6 cm³/mol. The minimum Gasteiger partial charge on any atom is -0.481 e. The van der Waals surface area contributed by atoms with Gasteiger partial charge in [0.15, 0.2) is 6.10 Å². The average molecular weight is 304 g/mol. The molecule has 2 aromatic rings. The van der Waals surface area contributed by atoms with E-state index in [2.05, 4.69) is 5.32 Å². The molecule has 1 N–H and O–H groups in total. The monoisotopic (exact) mass is 303 g/mol. The maximum atomic E-state index is 12.1. The second-order valence-corrected chi connectivity index (χ2v) is 5.24. The van der Waals surface area contributed by atoms with Crippen molar-refractivity contribution in [1.29, 1.82) is 0 Å². The Morgan fingerprint density at radius 2 is 1.86 bits per heavy atom. The molecule has 0 aliphatic carbocycles. The zero-order chi connectivity index (χ0) is 15.2. The van der Waals surface area contributed by atoms with E-state index in [-0.39, 0.29) is 5.91 Å². The smallest absolute Gasteiger partial charge is 0.261 e. The van der Waals surface area contributed by atoms with Gasteiger partial charge in [0.05, 0.1) is 0 Å². The van der Waals surface area contributed by atoms with Gasteiger partial charge in [-0.3, -0.25) is 4.79 Å². The fourth-order valence-electron chi connectivity index (χ4n) is 1.90. The molecule has 0 radical (unpaired) electrons. The summed E-state index contributed by atoms with van der Waals surface area (Å²) in [5.74, 6) is 0.552. The predicted octanol–water partition coefficient (Wildman–Crippen LogP) is 3.73. The number of carbonyl (C=O) groups excluding carboxylic acids is 1. The van der Waals surface area contributed by atoms with Gasteiger partial charge in [-0.25, -0.2) is 0 Å². The highest BCUT2D eigenvalue weighted by molar-refractivity contribution is 6.31. The molecule has 1 atom stereocenters. The Labute approximate surface area is 129 Å². The summed E-state index contributed by atoms with van der Waals surface area (Å²) in [6.45, 7) is 4.07. The van der Waals surface area contributed by atoms with Crippen LogP contribution in [0, 0.1) is 6.92 Å². The summed E-state index contributed by atoms with van der Waals surface area (Å²) in [7, 11) is 0. The van der Waals surface area contributed by atoms with Crippen molar-refractivity contribution in [2.24, 2.45) is 0 Å². The second kappa shape index (κ2) is 7.14. The number of halogens is 1. The third-order valence-electron chi connectivity index (χ3n) is 3.18. The van der Waals surface area contributed by atoms with E-state index in [0.717, 1.165) is 16.9 Å². The van der Waals surface area contributed by atoms with Gasteiger partial charge in [-0.2, -0.15) is 0 Å².